The number of unbranched alkanes of at least 4 members (excludes halogenated alkanes) is 4. The third kappa shape index (κ3) is 8.57. The molecule has 0 aromatic heterocycles. The number of hydrogen-bond donors (Lipinski definition) is 3. The predicted molar refractivity (Wildman–Crippen MR) is 112 cm³/mol. The first kappa shape index (κ1) is 25.8. The standard InChI is InChI=1S/C23H39FO5/c1-4-5-14-23(28,17(2)24)15-10-12-19-18(20(25)16-21(19)26)11-8-6-7-9-13-22(27)29-3/h10,12,18-21,25-26,28H,2,4-9,11,13-16H2,1,3H3/t18-,19-,20-,21-,23?/m1/s1. The number of carbonyl (C=O) groups excluding carboxylic acids is 1. The second kappa shape index (κ2) is 13.1. The van der Waals surface area contributed by atoms with Crippen molar-refractivity contribution in [2.75, 3.05) is 7.11 Å². The maximum Gasteiger partial charge on any atom is 0.305 e. The van der Waals surface area contributed by atoms with E-state index in [9.17, 15) is 24.5 Å². The van der Waals surface area contributed by atoms with Gasteiger partial charge in [-0.15, -0.1) is 0 Å². The van der Waals surface area contributed by atoms with E-state index < -0.39 is 23.6 Å². The van der Waals surface area contributed by atoms with Crippen molar-refractivity contribution in [2.24, 2.45) is 11.8 Å². The minimum Gasteiger partial charge on any atom is -0.469 e. The van der Waals surface area contributed by atoms with Crippen molar-refractivity contribution in [1.29, 1.82) is 0 Å². The Bertz CT molecular complexity index is 535. The Labute approximate surface area is 174 Å². The topological polar surface area (TPSA) is 87.0 Å². The van der Waals surface area contributed by atoms with Gasteiger partial charge in [0, 0.05) is 25.2 Å². The summed E-state index contributed by atoms with van der Waals surface area (Å²) >= 11 is 0. The molecule has 0 spiro atoms. The van der Waals surface area contributed by atoms with Crippen LogP contribution in [0.25, 0.3) is 0 Å². The van der Waals surface area contributed by atoms with E-state index in [0.29, 0.717) is 25.7 Å². The van der Waals surface area contributed by atoms with Gasteiger partial charge in [-0.05, 0) is 25.2 Å². The van der Waals surface area contributed by atoms with Gasteiger partial charge >= 0.3 is 5.97 Å². The summed E-state index contributed by atoms with van der Waals surface area (Å²) in [4.78, 5) is 11.1. The van der Waals surface area contributed by atoms with E-state index in [2.05, 4.69) is 11.3 Å². The van der Waals surface area contributed by atoms with E-state index in [0.717, 1.165) is 38.5 Å². The molecule has 0 amide bonds. The van der Waals surface area contributed by atoms with Crippen LogP contribution in [0.5, 0.6) is 0 Å². The minimum absolute atomic E-state index is 0.0563. The zero-order valence-electron chi connectivity index (χ0n) is 18.0. The fourth-order valence-corrected chi connectivity index (χ4v) is 4.12. The SMILES string of the molecule is C=C(F)C(O)(CC=C[C@@H]1[C@@H](CCCCCCC(=O)OC)[C@H](O)C[C@H]1O)CCCC. The zero-order valence-corrected chi connectivity index (χ0v) is 18.0. The zero-order chi connectivity index (χ0) is 21.9. The van der Waals surface area contributed by atoms with Gasteiger partial charge in [0.1, 0.15) is 11.4 Å². The molecule has 1 aliphatic carbocycles. The van der Waals surface area contributed by atoms with Crippen molar-refractivity contribution >= 4 is 5.97 Å². The summed E-state index contributed by atoms with van der Waals surface area (Å²) in [5.74, 6) is -1.19. The molecule has 0 radical (unpaired) electrons. The van der Waals surface area contributed by atoms with Crippen LogP contribution in [-0.4, -0.2) is 46.2 Å². The molecule has 0 heterocycles. The van der Waals surface area contributed by atoms with Crippen LogP contribution in [0.3, 0.4) is 0 Å². The van der Waals surface area contributed by atoms with E-state index in [-0.39, 0.29) is 24.2 Å². The van der Waals surface area contributed by atoms with Crippen molar-refractivity contribution in [3.05, 3.63) is 24.6 Å². The molecule has 0 aromatic carbocycles. The average molecular weight is 415 g/mol. The third-order valence-electron chi connectivity index (χ3n) is 6.07. The van der Waals surface area contributed by atoms with Gasteiger partial charge in [-0.1, -0.05) is 57.8 Å². The molecule has 1 fully saturated rings. The fraction of sp³-hybridized carbons (Fsp3) is 0.783. The Morgan fingerprint density at radius 1 is 1.21 bits per heavy atom. The Morgan fingerprint density at radius 2 is 1.90 bits per heavy atom. The van der Waals surface area contributed by atoms with Crippen molar-refractivity contribution in [1.82, 2.24) is 0 Å². The number of ether oxygens (including phenoxy) is 1. The van der Waals surface area contributed by atoms with Crippen LogP contribution in [0.15, 0.2) is 24.6 Å². The normalized spacial score (nSPS) is 26.6. The highest BCUT2D eigenvalue weighted by molar-refractivity contribution is 5.68. The number of halogens is 1. The van der Waals surface area contributed by atoms with Crippen LogP contribution in [0.2, 0.25) is 0 Å². The second-order valence-corrected chi connectivity index (χ2v) is 8.31. The third-order valence-corrected chi connectivity index (χ3v) is 6.07. The van der Waals surface area contributed by atoms with Crippen LogP contribution < -0.4 is 0 Å². The summed E-state index contributed by atoms with van der Waals surface area (Å²) in [5.41, 5.74) is -1.57. The number of methoxy groups -OCH3 is 1. The van der Waals surface area contributed by atoms with Gasteiger partial charge in [0.25, 0.3) is 0 Å². The van der Waals surface area contributed by atoms with E-state index in [1.807, 2.05) is 13.0 Å². The van der Waals surface area contributed by atoms with Gasteiger partial charge in [-0.3, -0.25) is 4.79 Å². The Morgan fingerprint density at radius 3 is 2.52 bits per heavy atom. The Kier molecular flexibility index (Phi) is 11.7. The van der Waals surface area contributed by atoms with Crippen LogP contribution in [0.4, 0.5) is 4.39 Å². The summed E-state index contributed by atoms with van der Waals surface area (Å²) < 4.78 is 18.4. The average Bonchev–Trinajstić information content (AvgIpc) is 2.95. The highest BCUT2D eigenvalue weighted by Gasteiger charge is 2.39. The number of hydrogen-bond acceptors (Lipinski definition) is 5. The lowest BCUT2D eigenvalue weighted by Crippen LogP contribution is -2.28. The molecule has 1 saturated carbocycles. The van der Waals surface area contributed by atoms with Crippen molar-refractivity contribution in [3.63, 3.8) is 0 Å². The first-order chi connectivity index (χ1) is 13.7. The maximum absolute atomic E-state index is 13.7. The number of esters is 1. The quantitative estimate of drug-likeness (QED) is 0.225. The highest BCUT2D eigenvalue weighted by Crippen LogP contribution is 2.38. The van der Waals surface area contributed by atoms with E-state index in [1.54, 1.807) is 6.08 Å². The first-order valence-electron chi connectivity index (χ1n) is 10.9. The van der Waals surface area contributed by atoms with Gasteiger partial charge < -0.3 is 20.1 Å². The number of carbonyl (C=O) groups is 1. The lowest BCUT2D eigenvalue weighted by molar-refractivity contribution is -0.140. The van der Waals surface area contributed by atoms with Crippen molar-refractivity contribution in [3.8, 4) is 0 Å². The molecular formula is C23H39FO5. The summed E-state index contributed by atoms with van der Waals surface area (Å²) in [5, 5.41) is 31.1. The second-order valence-electron chi connectivity index (χ2n) is 8.31. The summed E-state index contributed by atoms with van der Waals surface area (Å²) in [6.45, 7) is 5.26. The highest BCUT2D eigenvalue weighted by atomic mass is 19.1. The smallest absolute Gasteiger partial charge is 0.305 e. The molecular weight excluding hydrogens is 375 g/mol. The Balaban J connectivity index is 2.53. The largest absolute Gasteiger partial charge is 0.469 e. The molecule has 1 aliphatic rings. The molecule has 1 rings (SSSR count). The van der Waals surface area contributed by atoms with Crippen LogP contribution >= 0.6 is 0 Å². The van der Waals surface area contributed by atoms with E-state index in [4.69, 9.17) is 0 Å². The molecule has 0 bridgehead atoms. The van der Waals surface area contributed by atoms with Crippen LogP contribution in [0, 0.1) is 11.8 Å². The summed E-state index contributed by atoms with van der Waals surface area (Å²) in [6, 6.07) is 0. The lowest BCUT2D eigenvalue weighted by Gasteiger charge is -2.25. The van der Waals surface area contributed by atoms with Gasteiger partial charge in [0.15, 0.2) is 0 Å². The van der Waals surface area contributed by atoms with Gasteiger partial charge in [0.2, 0.25) is 0 Å². The maximum atomic E-state index is 13.7. The number of aliphatic hydroxyl groups excluding tert-OH is 2. The molecule has 1 unspecified atom stereocenters. The number of rotatable bonds is 14. The van der Waals surface area contributed by atoms with E-state index >= 15 is 0 Å². The first-order valence-corrected chi connectivity index (χ1v) is 10.9. The fourth-order valence-electron chi connectivity index (χ4n) is 4.12. The van der Waals surface area contributed by atoms with Crippen LogP contribution in [-0.2, 0) is 9.53 Å². The van der Waals surface area contributed by atoms with Crippen molar-refractivity contribution < 1.29 is 29.2 Å². The Hall–Kier alpha value is -1.24. The van der Waals surface area contributed by atoms with Crippen molar-refractivity contribution in [2.45, 2.75) is 95.4 Å². The molecule has 0 aliphatic heterocycles. The predicted octanol–water partition coefficient (Wildman–Crippen LogP) is 4.21. The molecule has 0 aromatic rings. The van der Waals surface area contributed by atoms with Crippen LogP contribution in [0.1, 0.15) is 77.6 Å². The molecule has 29 heavy (non-hydrogen) atoms. The number of aliphatic hydroxyl groups is 3. The molecule has 0 saturated heterocycles. The molecule has 5 atom stereocenters. The monoisotopic (exact) mass is 414 g/mol. The molecule has 3 N–H and O–H groups in total. The van der Waals surface area contributed by atoms with E-state index in [1.165, 1.54) is 7.11 Å². The van der Waals surface area contributed by atoms with Gasteiger partial charge in [-0.2, -0.15) is 0 Å². The lowest BCUT2D eigenvalue weighted by atomic mass is 9.86. The molecule has 168 valence electrons. The van der Waals surface area contributed by atoms with Gasteiger partial charge in [-0.25, -0.2) is 4.39 Å². The molecule has 6 heteroatoms. The molecule has 5 nitrogen and oxygen atoms in total. The summed E-state index contributed by atoms with van der Waals surface area (Å²) in [7, 11) is 1.39. The van der Waals surface area contributed by atoms with Gasteiger partial charge in [0.05, 0.1) is 19.3 Å². The summed E-state index contributed by atoms with van der Waals surface area (Å²) in [6.07, 6.45) is 9.42. The minimum atomic E-state index is -1.57.